The van der Waals surface area contributed by atoms with E-state index in [0.29, 0.717) is 29.7 Å². The Morgan fingerprint density at radius 1 is 1.07 bits per heavy atom. The van der Waals surface area contributed by atoms with Crippen LogP contribution >= 0.6 is 0 Å². The van der Waals surface area contributed by atoms with E-state index in [9.17, 15) is 9.59 Å². The first kappa shape index (κ1) is 23.2. The third kappa shape index (κ3) is 6.78. The molecule has 0 saturated heterocycles. The molecule has 0 bridgehead atoms. The first-order valence-electron chi connectivity index (χ1n) is 10.4. The fraction of sp³-hybridized carbons (Fsp3) is 0.500. The standard InChI is InChI=1S/C16H20N6O2.C6H12/c1-20-14(23)11-2-4-12(5-3-11)15(24)21-8-13(18)9-22(19)16(10-17)6-7-16;1-2-4-6-5-3-1/h2-5,9H,6-8,18-19H2,1H3,(H,20,23)(H,21,24);1-6H2/b13-9-;. The fourth-order valence-corrected chi connectivity index (χ4v) is 3.16. The molecule has 8 heteroatoms. The molecule has 3 rings (SSSR count). The molecule has 0 heterocycles. The largest absolute Gasteiger partial charge is 0.399 e. The normalized spacial score (nSPS) is 16.9. The van der Waals surface area contributed by atoms with E-state index >= 15 is 0 Å². The van der Waals surface area contributed by atoms with Crippen LogP contribution in [0.15, 0.2) is 36.2 Å². The quantitative estimate of drug-likeness (QED) is 0.417. The molecule has 2 aliphatic carbocycles. The van der Waals surface area contributed by atoms with Gasteiger partial charge in [0.2, 0.25) is 0 Å². The Morgan fingerprint density at radius 2 is 1.53 bits per heavy atom. The van der Waals surface area contributed by atoms with Gasteiger partial charge < -0.3 is 16.4 Å². The molecule has 8 nitrogen and oxygen atoms in total. The van der Waals surface area contributed by atoms with Crippen molar-refractivity contribution >= 4 is 11.8 Å². The lowest BCUT2D eigenvalue weighted by Crippen LogP contribution is -2.39. The van der Waals surface area contributed by atoms with Gasteiger partial charge in [0, 0.05) is 30.1 Å². The molecule has 30 heavy (non-hydrogen) atoms. The maximum atomic E-state index is 12.1. The Hall–Kier alpha value is -3.05. The van der Waals surface area contributed by atoms with Crippen molar-refractivity contribution in [2.75, 3.05) is 13.6 Å². The minimum atomic E-state index is -0.662. The van der Waals surface area contributed by atoms with Gasteiger partial charge in [0.15, 0.2) is 0 Å². The van der Waals surface area contributed by atoms with E-state index in [1.54, 1.807) is 24.3 Å². The summed E-state index contributed by atoms with van der Waals surface area (Å²) in [4.78, 5) is 23.5. The minimum Gasteiger partial charge on any atom is -0.399 e. The first-order valence-corrected chi connectivity index (χ1v) is 10.4. The molecule has 2 aliphatic rings. The summed E-state index contributed by atoms with van der Waals surface area (Å²) in [6.07, 6.45) is 11.9. The fourth-order valence-electron chi connectivity index (χ4n) is 3.16. The summed E-state index contributed by atoms with van der Waals surface area (Å²) < 4.78 is 0. The number of carbonyl (C=O) groups is 2. The smallest absolute Gasteiger partial charge is 0.251 e. The van der Waals surface area contributed by atoms with Crippen LogP contribution in [0.5, 0.6) is 0 Å². The number of hydrogen-bond donors (Lipinski definition) is 4. The Morgan fingerprint density at radius 3 is 1.93 bits per heavy atom. The zero-order valence-electron chi connectivity index (χ0n) is 17.6. The molecule has 0 spiro atoms. The van der Waals surface area contributed by atoms with Crippen molar-refractivity contribution in [3.8, 4) is 6.07 Å². The van der Waals surface area contributed by atoms with Crippen molar-refractivity contribution in [1.29, 1.82) is 5.26 Å². The summed E-state index contributed by atoms with van der Waals surface area (Å²) in [7, 11) is 1.54. The van der Waals surface area contributed by atoms with E-state index in [4.69, 9.17) is 16.8 Å². The number of hydrazine groups is 1. The van der Waals surface area contributed by atoms with Crippen molar-refractivity contribution in [3.63, 3.8) is 0 Å². The average Bonchev–Trinajstić information content (AvgIpc) is 3.60. The van der Waals surface area contributed by atoms with Gasteiger partial charge in [-0.25, -0.2) is 5.84 Å². The van der Waals surface area contributed by atoms with E-state index in [-0.39, 0.29) is 18.4 Å². The van der Waals surface area contributed by atoms with Gasteiger partial charge in [0.25, 0.3) is 11.8 Å². The number of carbonyl (C=O) groups excluding carboxylic acids is 2. The molecule has 6 N–H and O–H groups in total. The SMILES string of the molecule is C1CCCCC1.CNC(=O)c1ccc(C(=O)NC/C(N)=C/N(N)C2(C#N)CC2)cc1. The molecule has 2 fully saturated rings. The molecule has 0 aliphatic heterocycles. The number of nitrogens with zero attached hydrogens (tertiary/aromatic N) is 2. The number of nitrogens with one attached hydrogen (secondary N) is 2. The second-order valence-electron chi connectivity index (χ2n) is 7.72. The minimum absolute atomic E-state index is 0.102. The van der Waals surface area contributed by atoms with Crippen molar-refractivity contribution < 1.29 is 9.59 Å². The van der Waals surface area contributed by atoms with Crippen LogP contribution in [-0.4, -0.2) is 36.0 Å². The Labute approximate surface area is 178 Å². The maximum absolute atomic E-state index is 12.1. The monoisotopic (exact) mass is 412 g/mol. The van der Waals surface area contributed by atoms with Crippen molar-refractivity contribution in [1.82, 2.24) is 15.6 Å². The van der Waals surface area contributed by atoms with Crippen LogP contribution in [0.3, 0.4) is 0 Å². The molecule has 0 atom stereocenters. The molecule has 162 valence electrons. The predicted molar refractivity (Wildman–Crippen MR) is 116 cm³/mol. The van der Waals surface area contributed by atoms with Gasteiger partial charge >= 0.3 is 0 Å². The van der Waals surface area contributed by atoms with Crippen LogP contribution in [0.2, 0.25) is 0 Å². The van der Waals surface area contributed by atoms with Crippen LogP contribution < -0.4 is 22.2 Å². The molecular weight excluding hydrogens is 380 g/mol. The van der Waals surface area contributed by atoms with Crippen LogP contribution in [0, 0.1) is 11.3 Å². The zero-order chi connectivity index (χ0) is 22.0. The number of rotatable bonds is 6. The van der Waals surface area contributed by atoms with Crippen LogP contribution in [0.1, 0.15) is 72.1 Å². The number of benzene rings is 1. The lowest BCUT2D eigenvalue weighted by atomic mass is 10.0. The molecule has 1 aromatic rings. The van der Waals surface area contributed by atoms with Crippen LogP contribution in [-0.2, 0) is 0 Å². The van der Waals surface area contributed by atoms with Gasteiger partial charge in [-0.05, 0) is 37.1 Å². The van der Waals surface area contributed by atoms with Gasteiger partial charge in [0.1, 0.15) is 5.54 Å². The molecule has 0 radical (unpaired) electrons. The molecule has 0 unspecified atom stereocenters. The third-order valence-corrected chi connectivity index (χ3v) is 5.32. The van der Waals surface area contributed by atoms with E-state index in [0.717, 1.165) is 0 Å². The second kappa shape index (κ2) is 11.2. The topological polar surface area (TPSA) is 137 Å². The molecular formula is C22H32N6O2. The van der Waals surface area contributed by atoms with Crippen LogP contribution in [0.25, 0.3) is 0 Å². The highest BCUT2D eigenvalue weighted by molar-refractivity contribution is 5.97. The highest BCUT2D eigenvalue weighted by Gasteiger charge is 2.47. The van der Waals surface area contributed by atoms with Crippen LogP contribution in [0.4, 0.5) is 0 Å². The highest BCUT2D eigenvalue weighted by atomic mass is 16.2. The summed E-state index contributed by atoms with van der Waals surface area (Å²) in [6.45, 7) is 0.102. The number of nitrogens with two attached hydrogens (primary N) is 2. The van der Waals surface area contributed by atoms with Gasteiger partial charge in [-0.2, -0.15) is 5.26 Å². The van der Waals surface area contributed by atoms with Gasteiger partial charge in [-0.1, -0.05) is 38.5 Å². The second-order valence-corrected chi connectivity index (χ2v) is 7.72. The lowest BCUT2D eigenvalue weighted by Gasteiger charge is -2.20. The molecule has 0 aromatic heterocycles. The Kier molecular flexibility index (Phi) is 8.69. The highest BCUT2D eigenvalue weighted by Crippen LogP contribution is 2.39. The van der Waals surface area contributed by atoms with Crippen molar-refractivity contribution in [3.05, 3.63) is 47.3 Å². The summed E-state index contributed by atoms with van der Waals surface area (Å²) in [6, 6.07) is 8.40. The predicted octanol–water partition coefficient (Wildman–Crippen LogP) is 2.15. The molecule has 2 amide bonds. The average molecular weight is 413 g/mol. The maximum Gasteiger partial charge on any atom is 0.251 e. The van der Waals surface area contributed by atoms with E-state index in [2.05, 4.69) is 16.7 Å². The number of hydrogen-bond acceptors (Lipinski definition) is 6. The summed E-state index contributed by atoms with van der Waals surface area (Å²) in [5.41, 5.74) is 6.39. The van der Waals surface area contributed by atoms with Gasteiger partial charge in [0.05, 0.1) is 12.6 Å². The van der Waals surface area contributed by atoms with Gasteiger partial charge in [-0.3, -0.25) is 14.6 Å². The van der Waals surface area contributed by atoms with Crippen molar-refractivity contribution in [2.24, 2.45) is 11.6 Å². The lowest BCUT2D eigenvalue weighted by molar-refractivity contribution is 0.0947. The number of nitriles is 1. The summed E-state index contributed by atoms with van der Waals surface area (Å²) in [5.74, 6) is 5.27. The molecule has 1 aromatic carbocycles. The Bertz CT molecular complexity index is 777. The van der Waals surface area contributed by atoms with E-state index < -0.39 is 5.54 Å². The Balaban J connectivity index is 0.000000456. The summed E-state index contributed by atoms with van der Waals surface area (Å²) >= 11 is 0. The first-order chi connectivity index (χ1) is 14.4. The molecule has 2 saturated carbocycles. The van der Waals surface area contributed by atoms with E-state index in [1.807, 2.05) is 0 Å². The van der Waals surface area contributed by atoms with Crippen molar-refractivity contribution in [2.45, 2.75) is 56.9 Å². The zero-order valence-corrected chi connectivity index (χ0v) is 17.6. The third-order valence-electron chi connectivity index (χ3n) is 5.32. The number of amides is 2. The van der Waals surface area contributed by atoms with E-state index in [1.165, 1.54) is 56.8 Å². The summed E-state index contributed by atoms with van der Waals surface area (Å²) in [5, 5.41) is 15.5. The van der Waals surface area contributed by atoms with Gasteiger partial charge in [-0.15, -0.1) is 0 Å².